The van der Waals surface area contributed by atoms with E-state index in [0.29, 0.717) is 0 Å². The summed E-state index contributed by atoms with van der Waals surface area (Å²) in [4.78, 5) is 1.38. The van der Waals surface area contributed by atoms with Gasteiger partial charge in [0.15, 0.2) is 0 Å². The van der Waals surface area contributed by atoms with Crippen LogP contribution in [0.25, 0.3) is 0 Å². The molecule has 2 heterocycles. The van der Waals surface area contributed by atoms with Crippen LogP contribution >= 0.6 is 11.3 Å². The van der Waals surface area contributed by atoms with Crippen LogP contribution in [0.4, 0.5) is 0 Å². The first-order valence-corrected chi connectivity index (χ1v) is 6.29. The summed E-state index contributed by atoms with van der Waals surface area (Å²) in [7, 11) is 0. The zero-order valence-electron chi connectivity index (χ0n) is 9.11. The highest BCUT2D eigenvalue weighted by Crippen LogP contribution is 2.06. The SMILES string of the molecule is c1coc(CNCCNCc2cccs2)c1. The third-order valence-electron chi connectivity index (χ3n) is 2.24. The number of rotatable bonds is 7. The fourth-order valence-corrected chi connectivity index (χ4v) is 2.10. The molecule has 0 bridgehead atoms. The van der Waals surface area contributed by atoms with E-state index in [2.05, 4.69) is 28.1 Å². The fraction of sp³-hybridized carbons (Fsp3) is 0.333. The largest absolute Gasteiger partial charge is 0.468 e. The van der Waals surface area contributed by atoms with Gasteiger partial charge in [0.2, 0.25) is 0 Å². The number of furan rings is 1. The molecule has 4 heteroatoms. The smallest absolute Gasteiger partial charge is 0.117 e. The maximum atomic E-state index is 5.22. The van der Waals surface area contributed by atoms with E-state index in [0.717, 1.165) is 31.9 Å². The molecule has 0 aliphatic rings. The Bertz CT molecular complexity index is 331. The zero-order valence-corrected chi connectivity index (χ0v) is 9.93. The topological polar surface area (TPSA) is 37.2 Å². The van der Waals surface area contributed by atoms with E-state index in [-0.39, 0.29) is 0 Å². The van der Waals surface area contributed by atoms with E-state index in [1.54, 1.807) is 17.6 Å². The number of hydrogen-bond donors (Lipinski definition) is 2. The van der Waals surface area contributed by atoms with Gasteiger partial charge in [-0.15, -0.1) is 11.3 Å². The molecule has 2 aromatic heterocycles. The van der Waals surface area contributed by atoms with Crippen molar-refractivity contribution in [3.05, 3.63) is 46.5 Å². The predicted molar refractivity (Wildman–Crippen MR) is 66.4 cm³/mol. The van der Waals surface area contributed by atoms with Crippen molar-refractivity contribution in [3.8, 4) is 0 Å². The first-order valence-electron chi connectivity index (χ1n) is 5.41. The van der Waals surface area contributed by atoms with Crippen molar-refractivity contribution in [1.82, 2.24) is 10.6 Å². The van der Waals surface area contributed by atoms with E-state index in [1.165, 1.54) is 4.88 Å². The second-order valence-electron chi connectivity index (χ2n) is 3.51. The minimum absolute atomic E-state index is 0.799. The Kier molecular flexibility index (Phi) is 4.61. The molecule has 0 aliphatic carbocycles. The van der Waals surface area contributed by atoms with Gasteiger partial charge >= 0.3 is 0 Å². The van der Waals surface area contributed by atoms with Gasteiger partial charge in [0.05, 0.1) is 12.8 Å². The summed E-state index contributed by atoms with van der Waals surface area (Å²) < 4.78 is 5.22. The van der Waals surface area contributed by atoms with E-state index >= 15 is 0 Å². The van der Waals surface area contributed by atoms with Gasteiger partial charge in [-0.25, -0.2) is 0 Å². The van der Waals surface area contributed by atoms with Gasteiger partial charge in [-0.3, -0.25) is 0 Å². The van der Waals surface area contributed by atoms with Gasteiger partial charge < -0.3 is 15.1 Å². The van der Waals surface area contributed by atoms with E-state index < -0.39 is 0 Å². The van der Waals surface area contributed by atoms with Crippen LogP contribution in [0.5, 0.6) is 0 Å². The molecule has 3 nitrogen and oxygen atoms in total. The highest BCUT2D eigenvalue weighted by atomic mass is 32.1. The van der Waals surface area contributed by atoms with Crippen LogP contribution in [-0.2, 0) is 13.1 Å². The highest BCUT2D eigenvalue weighted by molar-refractivity contribution is 7.09. The maximum absolute atomic E-state index is 5.22. The molecule has 0 aliphatic heterocycles. The Morgan fingerprint density at radius 1 is 1.06 bits per heavy atom. The van der Waals surface area contributed by atoms with Crippen LogP contribution < -0.4 is 10.6 Å². The molecule has 0 spiro atoms. The van der Waals surface area contributed by atoms with Crippen LogP contribution in [0.1, 0.15) is 10.6 Å². The van der Waals surface area contributed by atoms with Gasteiger partial charge in [-0.05, 0) is 23.6 Å². The lowest BCUT2D eigenvalue weighted by molar-refractivity contribution is 0.480. The van der Waals surface area contributed by atoms with E-state index in [9.17, 15) is 0 Å². The second-order valence-corrected chi connectivity index (χ2v) is 4.54. The summed E-state index contributed by atoms with van der Waals surface area (Å²) >= 11 is 1.79. The van der Waals surface area contributed by atoms with Gasteiger partial charge in [0.25, 0.3) is 0 Å². The molecule has 86 valence electrons. The van der Waals surface area contributed by atoms with Crippen LogP contribution in [0.3, 0.4) is 0 Å². The molecule has 0 amide bonds. The third-order valence-corrected chi connectivity index (χ3v) is 3.11. The zero-order chi connectivity index (χ0) is 11.1. The average molecular weight is 236 g/mol. The van der Waals surface area contributed by atoms with Crippen molar-refractivity contribution in [2.45, 2.75) is 13.1 Å². The van der Waals surface area contributed by atoms with Gasteiger partial charge in [0, 0.05) is 24.5 Å². The monoisotopic (exact) mass is 236 g/mol. The van der Waals surface area contributed by atoms with Crippen molar-refractivity contribution in [3.63, 3.8) is 0 Å². The standard InChI is InChI=1S/C12H16N2OS/c1-3-11(15-7-1)9-13-5-6-14-10-12-4-2-8-16-12/h1-4,7-8,13-14H,5-6,9-10H2. The van der Waals surface area contributed by atoms with Crippen molar-refractivity contribution in [2.24, 2.45) is 0 Å². The third kappa shape index (κ3) is 3.81. The van der Waals surface area contributed by atoms with Crippen LogP contribution in [0.15, 0.2) is 40.3 Å². The van der Waals surface area contributed by atoms with Gasteiger partial charge in [0.1, 0.15) is 5.76 Å². The molecular formula is C12H16N2OS. The molecule has 0 saturated carbocycles. The number of thiophene rings is 1. The number of nitrogens with one attached hydrogen (secondary N) is 2. The Balaban J connectivity index is 1.49. The summed E-state index contributed by atoms with van der Waals surface area (Å²) in [6.45, 7) is 3.68. The molecule has 2 rings (SSSR count). The lowest BCUT2D eigenvalue weighted by atomic mass is 10.4. The van der Waals surface area contributed by atoms with Crippen LogP contribution in [-0.4, -0.2) is 13.1 Å². The summed E-state index contributed by atoms with van der Waals surface area (Å²) in [6.07, 6.45) is 1.70. The van der Waals surface area contributed by atoms with Crippen molar-refractivity contribution in [1.29, 1.82) is 0 Å². The Morgan fingerprint density at radius 3 is 2.62 bits per heavy atom. The molecule has 2 aromatic rings. The molecule has 2 N–H and O–H groups in total. The highest BCUT2D eigenvalue weighted by Gasteiger charge is 1.95. The van der Waals surface area contributed by atoms with Crippen LogP contribution in [0, 0.1) is 0 Å². The second kappa shape index (κ2) is 6.48. The van der Waals surface area contributed by atoms with Crippen molar-refractivity contribution >= 4 is 11.3 Å². The van der Waals surface area contributed by atoms with E-state index in [4.69, 9.17) is 4.42 Å². The molecule has 0 saturated heterocycles. The van der Waals surface area contributed by atoms with Gasteiger partial charge in [-0.1, -0.05) is 6.07 Å². The van der Waals surface area contributed by atoms with Crippen molar-refractivity contribution < 1.29 is 4.42 Å². The van der Waals surface area contributed by atoms with Crippen LogP contribution in [0.2, 0.25) is 0 Å². The summed E-state index contributed by atoms with van der Waals surface area (Å²) in [6, 6.07) is 8.11. The molecule has 0 aromatic carbocycles. The first-order chi connectivity index (χ1) is 7.95. The Hall–Kier alpha value is -1.10. The number of hydrogen-bond acceptors (Lipinski definition) is 4. The predicted octanol–water partition coefficient (Wildman–Crippen LogP) is 2.22. The molecule has 0 unspecified atom stereocenters. The normalized spacial score (nSPS) is 10.8. The fourth-order valence-electron chi connectivity index (χ4n) is 1.43. The average Bonchev–Trinajstić information content (AvgIpc) is 2.96. The lowest BCUT2D eigenvalue weighted by Gasteiger charge is -2.04. The Labute approximate surface area is 99.5 Å². The van der Waals surface area contributed by atoms with Crippen molar-refractivity contribution in [2.75, 3.05) is 13.1 Å². The first kappa shape index (κ1) is 11.4. The summed E-state index contributed by atoms with van der Waals surface area (Å²) in [5, 5.41) is 8.80. The van der Waals surface area contributed by atoms with Gasteiger partial charge in [-0.2, -0.15) is 0 Å². The van der Waals surface area contributed by atoms with E-state index in [1.807, 2.05) is 12.1 Å². The minimum Gasteiger partial charge on any atom is -0.468 e. The molecule has 0 fully saturated rings. The Morgan fingerprint density at radius 2 is 1.94 bits per heavy atom. The molecular weight excluding hydrogens is 220 g/mol. The summed E-state index contributed by atoms with van der Waals surface area (Å²) in [5.41, 5.74) is 0. The maximum Gasteiger partial charge on any atom is 0.117 e. The molecule has 16 heavy (non-hydrogen) atoms. The lowest BCUT2D eigenvalue weighted by Crippen LogP contribution is -2.26. The molecule has 0 radical (unpaired) electrons. The summed E-state index contributed by atoms with van der Waals surface area (Å²) in [5.74, 6) is 0.984. The minimum atomic E-state index is 0.799. The molecule has 0 atom stereocenters. The quantitative estimate of drug-likeness (QED) is 0.724.